The van der Waals surface area contributed by atoms with Crippen LogP contribution in [0.3, 0.4) is 0 Å². The van der Waals surface area contributed by atoms with Gasteiger partial charge in [-0.15, -0.1) is 11.3 Å². The first-order valence-corrected chi connectivity index (χ1v) is 6.25. The van der Waals surface area contributed by atoms with Gasteiger partial charge in [-0.3, -0.25) is 0 Å². The van der Waals surface area contributed by atoms with E-state index in [9.17, 15) is 13.2 Å². The van der Waals surface area contributed by atoms with Crippen molar-refractivity contribution in [3.8, 4) is 0 Å². The molecule has 0 atom stereocenters. The van der Waals surface area contributed by atoms with Crippen LogP contribution in [-0.4, -0.2) is 19.3 Å². The molecule has 0 aliphatic rings. The van der Waals surface area contributed by atoms with Gasteiger partial charge in [0, 0.05) is 16.3 Å². The van der Waals surface area contributed by atoms with E-state index in [1.54, 1.807) is 0 Å². The largest absolute Gasteiger partial charge is 0.411 e. The first-order chi connectivity index (χ1) is 8.01. The molecule has 0 radical (unpaired) electrons. The Morgan fingerprint density at radius 1 is 1.29 bits per heavy atom. The minimum absolute atomic E-state index is 0.0257. The molecule has 2 nitrogen and oxygen atoms in total. The highest BCUT2D eigenvalue weighted by molar-refractivity contribution is 7.11. The monoisotopic (exact) mass is 267 g/mol. The number of nitrogens with one attached hydrogen (secondary N) is 1. The summed E-state index contributed by atoms with van der Waals surface area (Å²) in [5.74, 6) is 0. The molecule has 17 heavy (non-hydrogen) atoms. The summed E-state index contributed by atoms with van der Waals surface area (Å²) in [4.78, 5) is 1.94. The molecule has 0 unspecified atom stereocenters. The van der Waals surface area contributed by atoms with E-state index in [4.69, 9.17) is 0 Å². The fourth-order valence-corrected chi connectivity index (χ4v) is 2.18. The number of halogens is 3. The fourth-order valence-electron chi connectivity index (χ4n) is 1.25. The minimum Gasteiger partial charge on any atom is -0.367 e. The number of ether oxygens (including phenoxy) is 1. The number of alkyl halides is 3. The van der Waals surface area contributed by atoms with Gasteiger partial charge < -0.3 is 10.1 Å². The van der Waals surface area contributed by atoms with Crippen molar-refractivity contribution in [2.24, 2.45) is 0 Å². The molecular formula is C11H16F3NOS. The van der Waals surface area contributed by atoms with E-state index in [2.05, 4.69) is 17.0 Å². The van der Waals surface area contributed by atoms with Crippen molar-refractivity contribution in [2.45, 2.75) is 32.7 Å². The van der Waals surface area contributed by atoms with Gasteiger partial charge in [0.2, 0.25) is 0 Å². The first-order valence-electron chi connectivity index (χ1n) is 5.44. The van der Waals surface area contributed by atoms with E-state index in [0.29, 0.717) is 0 Å². The molecule has 0 aliphatic heterocycles. The van der Waals surface area contributed by atoms with Crippen LogP contribution in [0.2, 0.25) is 0 Å². The molecule has 0 bridgehead atoms. The lowest BCUT2D eigenvalue weighted by atomic mass is 10.4. The van der Waals surface area contributed by atoms with E-state index in [-0.39, 0.29) is 6.61 Å². The van der Waals surface area contributed by atoms with Gasteiger partial charge in [0.1, 0.15) is 6.61 Å². The van der Waals surface area contributed by atoms with E-state index in [1.807, 2.05) is 12.1 Å². The first kappa shape index (κ1) is 14.5. The van der Waals surface area contributed by atoms with Crippen LogP contribution in [0, 0.1) is 0 Å². The van der Waals surface area contributed by atoms with Gasteiger partial charge in [0.05, 0.1) is 6.61 Å². The Labute approximate surface area is 103 Å². The molecule has 6 heteroatoms. The third-order valence-corrected chi connectivity index (χ3v) is 3.01. The summed E-state index contributed by atoms with van der Waals surface area (Å²) < 4.78 is 40.1. The lowest BCUT2D eigenvalue weighted by molar-refractivity contribution is -0.176. The second kappa shape index (κ2) is 6.98. The fraction of sp³-hybridized carbons (Fsp3) is 0.636. The van der Waals surface area contributed by atoms with Gasteiger partial charge in [-0.05, 0) is 25.1 Å². The molecule has 0 saturated carbocycles. The zero-order valence-electron chi connectivity index (χ0n) is 9.64. The number of hydrogen-bond donors (Lipinski definition) is 1. The molecule has 0 saturated heterocycles. The highest BCUT2D eigenvalue weighted by Crippen LogP contribution is 2.19. The molecule has 1 aromatic rings. The Kier molecular flexibility index (Phi) is 5.94. The summed E-state index contributed by atoms with van der Waals surface area (Å²) >= 11 is 1.48. The Bertz CT molecular complexity index is 325. The summed E-state index contributed by atoms with van der Waals surface area (Å²) in [5, 5.41) is 3.23. The summed E-state index contributed by atoms with van der Waals surface area (Å²) in [6.07, 6.45) is -3.18. The van der Waals surface area contributed by atoms with Gasteiger partial charge in [-0.2, -0.15) is 13.2 Å². The van der Waals surface area contributed by atoms with Crippen LogP contribution in [-0.2, 0) is 17.9 Å². The Morgan fingerprint density at radius 3 is 2.65 bits per heavy atom. The van der Waals surface area contributed by atoms with Crippen molar-refractivity contribution >= 4 is 11.3 Å². The molecule has 0 aliphatic carbocycles. The molecule has 1 heterocycles. The van der Waals surface area contributed by atoms with Crippen LogP contribution in [0.1, 0.15) is 23.1 Å². The minimum atomic E-state index is -4.25. The van der Waals surface area contributed by atoms with E-state index in [0.717, 1.165) is 29.3 Å². The third-order valence-electron chi connectivity index (χ3n) is 1.95. The van der Waals surface area contributed by atoms with Crippen molar-refractivity contribution in [1.29, 1.82) is 0 Å². The van der Waals surface area contributed by atoms with Gasteiger partial charge in [0.15, 0.2) is 0 Å². The molecule has 0 aromatic carbocycles. The van der Waals surface area contributed by atoms with E-state index in [1.165, 1.54) is 11.3 Å². The molecule has 0 fully saturated rings. The molecule has 1 N–H and O–H groups in total. The average molecular weight is 267 g/mol. The van der Waals surface area contributed by atoms with Crippen molar-refractivity contribution in [3.05, 3.63) is 21.9 Å². The SMILES string of the molecule is CCCNCc1ccc(COCC(F)(F)F)s1. The highest BCUT2D eigenvalue weighted by atomic mass is 32.1. The normalized spacial score (nSPS) is 12.0. The van der Waals surface area contributed by atoms with Crippen LogP contribution < -0.4 is 5.32 Å². The molecular weight excluding hydrogens is 251 g/mol. The van der Waals surface area contributed by atoms with Gasteiger partial charge in [-0.25, -0.2) is 0 Å². The van der Waals surface area contributed by atoms with Crippen molar-refractivity contribution < 1.29 is 17.9 Å². The topological polar surface area (TPSA) is 21.3 Å². The maximum absolute atomic E-state index is 11.8. The van der Waals surface area contributed by atoms with E-state index < -0.39 is 12.8 Å². The summed E-state index contributed by atoms with van der Waals surface area (Å²) in [6, 6.07) is 3.73. The predicted octanol–water partition coefficient (Wildman–Crippen LogP) is 3.33. The summed E-state index contributed by atoms with van der Waals surface area (Å²) in [5.41, 5.74) is 0. The highest BCUT2D eigenvalue weighted by Gasteiger charge is 2.27. The third kappa shape index (κ3) is 6.65. The average Bonchev–Trinajstić information content (AvgIpc) is 2.64. The number of thiophene rings is 1. The van der Waals surface area contributed by atoms with Crippen LogP contribution >= 0.6 is 11.3 Å². The molecule has 98 valence electrons. The van der Waals surface area contributed by atoms with Crippen LogP contribution in [0.25, 0.3) is 0 Å². The number of rotatable bonds is 7. The number of hydrogen-bond acceptors (Lipinski definition) is 3. The van der Waals surface area contributed by atoms with Crippen LogP contribution in [0.15, 0.2) is 12.1 Å². The Balaban J connectivity index is 2.26. The van der Waals surface area contributed by atoms with E-state index >= 15 is 0 Å². The zero-order valence-corrected chi connectivity index (χ0v) is 10.5. The summed E-state index contributed by atoms with van der Waals surface area (Å²) in [6.45, 7) is 2.62. The molecule has 0 amide bonds. The van der Waals surface area contributed by atoms with Crippen molar-refractivity contribution in [2.75, 3.05) is 13.2 Å². The van der Waals surface area contributed by atoms with Crippen molar-refractivity contribution in [3.63, 3.8) is 0 Å². The maximum Gasteiger partial charge on any atom is 0.411 e. The van der Waals surface area contributed by atoms with Crippen LogP contribution in [0.4, 0.5) is 13.2 Å². The quantitative estimate of drug-likeness (QED) is 0.765. The smallest absolute Gasteiger partial charge is 0.367 e. The van der Waals surface area contributed by atoms with Gasteiger partial charge >= 0.3 is 6.18 Å². The second-order valence-electron chi connectivity index (χ2n) is 3.65. The maximum atomic E-state index is 11.8. The lowest BCUT2D eigenvalue weighted by Crippen LogP contribution is -2.16. The summed E-state index contributed by atoms with van der Waals surface area (Å²) in [7, 11) is 0. The molecule has 1 aromatic heterocycles. The lowest BCUT2D eigenvalue weighted by Gasteiger charge is -2.05. The zero-order chi connectivity index (χ0) is 12.7. The molecule has 1 rings (SSSR count). The second-order valence-corrected chi connectivity index (χ2v) is 4.91. The predicted molar refractivity (Wildman–Crippen MR) is 62.0 cm³/mol. The Morgan fingerprint density at radius 2 is 2.00 bits per heavy atom. The Hall–Kier alpha value is -0.590. The standard InChI is InChI=1S/C11H16F3NOS/c1-2-5-15-6-9-3-4-10(17-9)7-16-8-11(12,13)14/h3-4,15H,2,5-8H2,1H3. The van der Waals surface area contributed by atoms with Gasteiger partial charge in [0.25, 0.3) is 0 Å². The van der Waals surface area contributed by atoms with Crippen molar-refractivity contribution in [1.82, 2.24) is 5.32 Å². The molecule has 0 spiro atoms. The van der Waals surface area contributed by atoms with Gasteiger partial charge in [-0.1, -0.05) is 6.92 Å². The van der Waals surface area contributed by atoms with Crippen LogP contribution in [0.5, 0.6) is 0 Å².